The number of methoxy groups -OCH3 is 1. The number of aryl methyl sites for hydroxylation is 1. The minimum absolute atomic E-state index is 0.207. The van der Waals surface area contributed by atoms with Gasteiger partial charge in [-0.05, 0) is 18.6 Å². The van der Waals surface area contributed by atoms with E-state index in [1.807, 2.05) is 17.9 Å². The molecule has 198 valence electrons. The van der Waals surface area contributed by atoms with Gasteiger partial charge in [-0.3, -0.25) is 9.89 Å². The summed E-state index contributed by atoms with van der Waals surface area (Å²) in [5.41, 5.74) is 0.720. The standard InChI is InChI=1S/C24H26ClFN10O2/c1-15-9-20(34-33-15)31-19-10-18(25)30-23(32-19)35-7-5-24(38-2,6-8-35)22(37)28-12-16-3-4-21(27-11-16)36-14-17(26)13-29-36/h3-4,9-11,13-14H,5-8,12H2,1-2H3,(H,28,37)(H2,30,31,32,33,34). The van der Waals surface area contributed by atoms with E-state index in [0.29, 0.717) is 54.5 Å². The summed E-state index contributed by atoms with van der Waals surface area (Å²) >= 11 is 6.26. The molecule has 0 saturated carbocycles. The fourth-order valence-electron chi connectivity index (χ4n) is 4.24. The molecule has 1 amide bonds. The van der Waals surface area contributed by atoms with Gasteiger partial charge in [0.25, 0.3) is 5.91 Å². The van der Waals surface area contributed by atoms with Crippen LogP contribution in [0.2, 0.25) is 5.15 Å². The van der Waals surface area contributed by atoms with Gasteiger partial charge in [0.15, 0.2) is 17.5 Å². The number of ether oxygens (including phenoxy) is 1. The average Bonchev–Trinajstić information content (AvgIpc) is 3.54. The Balaban J connectivity index is 1.19. The molecule has 5 rings (SSSR count). The van der Waals surface area contributed by atoms with Gasteiger partial charge in [0.1, 0.15) is 16.6 Å². The number of H-pyrrole nitrogens is 1. The van der Waals surface area contributed by atoms with Crippen LogP contribution in [-0.2, 0) is 16.1 Å². The molecular formula is C24H26ClFN10O2. The van der Waals surface area contributed by atoms with Crippen molar-refractivity contribution in [1.29, 1.82) is 0 Å². The second kappa shape index (κ2) is 10.7. The summed E-state index contributed by atoms with van der Waals surface area (Å²) in [6.45, 7) is 3.17. The minimum Gasteiger partial charge on any atom is -0.368 e. The lowest BCUT2D eigenvalue weighted by molar-refractivity contribution is -0.146. The van der Waals surface area contributed by atoms with Crippen molar-refractivity contribution in [1.82, 2.24) is 40.2 Å². The number of hydrogen-bond acceptors (Lipinski definition) is 9. The second-order valence-electron chi connectivity index (χ2n) is 8.93. The van der Waals surface area contributed by atoms with Gasteiger partial charge in [0.05, 0.1) is 12.4 Å². The first-order valence-electron chi connectivity index (χ1n) is 11.9. The van der Waals surface area contributed by atoms with Crippen molar-refractivity contribution >= 4 is 35.1 Å². The number of hydrogen-bond donors (Lipinski definition) is 3. The predicted octanol–water partition coefficient (Wildman–Crippen LogP) is 2.93. The number of piperidine rings is 1. The molecule has 12 nitrogen and oxygen atoms in total. The van der Waals surface area contributed by atoms with Gasteiger partial charge in [0.2, 0.25) is 5.95 Å². The number of nitrogens with one attached hydrogen (secondary N) is 3. The summed E-state index contributed by atoms with van der Waals surface area (Å²) in [5.74, 6) is 1.43. The molecule has 0 bridgehead atoms. The van der Waals surface area contributed by atoms with Crippen LogP contribution in [0.3, 0.4) is 0 Å². The molecule has 4 aromatic heterocycles. The van der Waals surface area contributed by atoms with Gasteiger partial charge in [-0.15, -0.1) is 0 Å². The van der Waals surface area contributed by atoms with Crippen LogP contribution >= 0.6 is 11.6 Å². The molecule has 5 heterocycles. The topological polar surface area (TPSA) is 139 Å². The molecule has 0 aromatic carbocycles. The third kappa shape index (κ3) is 5.58. The number of pyridine rings is 1. The molecular weight excluding hydrogens is 515 g/mol. The summed E-state index contributed by atoms with van der Waals surface area (Å²) in [6, 6.07) is 6.99. The van der Waals surface area contributed by atoms with Gasteiger partial charge in [-0.25, -0.2) is 19.0 Å². The number of nitrogens with zero attached hydrogens (tertiary/aromatic N) is 7. The fraction of sp³-hybridized carbons (Fsp3) is 0.333. The molecule has 38 heavy (non-hydrogen) atoms. The highest BCUT2D eigenvalue weighted by Crippen LogP contribution is 2.29. The molecule has 0 aliphatic carbocycles. The monoisotopic (exact) mass is 540 g/mol. The normalized spacial score (nSPS) is 14.9. The third-order valence-electron chi connectivity index (χ3n) is 6.35. The molecule has 0 spiro atoms. The van der Waals surface area contributed by atoms with E-state index in [1.165, 1.54) is 10.9 Å². The van der Waals surface area contributed by atoms with Crippen LogP contribution in [0.25, 0.3) is 5.82 Å². The number of carbonyl (C=O) groups is 1. The highest BCUT2D eigenvalue weighted by atomic mass is 35.5. The summed E-state index contributed by atoms with van der Waals surface area (Å²) in [4.78, 5) is 28.4. The molecule has 1 saturated heterocycles. The fourth-order valence-corrected chi connectivity index (χ4v) is 4.42. The van der Waals surface area contributed by atoms with Crippen LogP contribution in [-0.4, -0.2) is 66.6 Å². The number of halogens is 2. The number of rotatable bonds is 8. The van der Waals surface area contributed by atoms with E-state index >= 15 is 0 Å². The largest absolute Gasteiger partial charge is 0.368 e. The van der Waals surface area contributed by atoms with E-state index in [1.54, 1.807) is 31.5 Å². The molecule has 1 aliphatic rings. The van der Waals surface area contributed by atoms with Crippen LogP contribution in [0, 0.1) is 12.7 Å². The first-order chi connectivity index (χ1) is 18.3. The number of carbonyl (C=O) groups excluding carboxylic acids is 1. The summed E-state index contributed by atoms with van der Waals surface area (Å²) in [6.07, 6.45) is 4.85. The van der Waals surface area contributed by atoms with Crippen LogP contribution in [0.1, 0.15) is 24.1 Å². The highest BCUT2D eigenvalue weighted by Gasteiger charge is 2.42. The van der Waals surface area contributed by atoms with Crippen molar-refractivity contribution in [2.24, 2.45) is 0 Å². The van der Waals surface area contributed by atoms with Crippen LogP contribution in [0.4, 0.5) is 22.0 Å². The molecule has 1 aliphatic heterocycles. The van der Waals surface area contributed by atoms with E-state index in [2.05, 4.69) is 40.9 Å². The van der Waals surface area contributed by atoms with Crippen molar-refractivity contribution in [3.05, 3.63) is 65.1 Å². The molecule has 0 unspecified atom stereocenters. The zero-order valence-corrected chi connectivity index (χ0v) is 21.5. The Morgan fingerprint density at radius 1 is 1.21 bits per heavy atom. The van der Waals surface area contributed by atoms with Gasteiger partial charge in [0, 0.05) is 63.6 Å². The maximum Gasteiger partial charge on any atom is 0.252 e. The number of amides is 1. The van der Waals surface area contributed by atoms with Crippen molar-refractivity contribution in [2.45, 2.75) is 31.9 Å². The van der Waals surface area contributed by atoms with Crippen molar-refractivity contribution < 1.29 is 13.9 Å². The van der Waals surface area contributed by atoms with Crippen molar-refractivity contribution in [2.75, 3.05) is 30.4 Å². The zero-order valence-electron chi connectivity index (χ0n) is 20.8. The Morgan fingerprint density at radius 2 is 2.03 bits per heavy atom. The maximum absolute atomic E-state index is 13.2. The maximum atomic E-state index is 13.2. The molecule has 0 radical (unpaired) electrons. The Hall–Kier alpha value is -4.10. The van der Waals surface area contributed by atoms with Gasteiger partial charge >= 0.3 is 0 Å². The summed E-state index contributed by atoms with van der Waals surface area (Å²) in [7, 11) is 1.54. The van der Waals surface area contributed by atoms with E-state index < -0.39 is 11.4 Å². The Bertz CT molecular complexity index is 1420. The SMILES string of the molecule is COC1(C(=O)NCc2ccc(-n3cc(F)cn3)nc2)CCN(c2nc(Cl)cc(Nc3cc(C)[nH]n3)n2)CC1. The zero-order chi connectivity index (χ0) is 26.7. The second-order valence-corrected chi connectivity index (χ2v) is 9.32. The van der Waals surface area contributed by atoms with Crippen LogP contribution in [0.15, 0.2) is 42.9 Å². The lowest BCUT2D eigenvalue weighted by atomic mass is 9.90. The van der Waals surface area contributed by atoms with Gasteiger partial charge < -0.3 is 20.3 Å². The molecule has 3 N–H and O–H groups in total. The molecule has 0 atom stereocenters. The van der Waals surface area contributed by atoms with Gasteiger partial charge in [-0.1, -0.05) is 17.7 Å². The van der Waals surface area contributed by atoms with E-state index in [-0.39, 0.29) is 12.5 Å². The number of aromatic amines is 1. The Labute approximate surface area is 222 Å². The predicted molar refractivity (Wildman–Crippen MR) is 138 cm³/mol. The third-order valence-corrected chi connectivity index (χ3v) is 6.55. The van der Waals surface area contributed by atoms with Gasteiger partial charge in [-0.2, -0.15) is 15.2 Å². The highest BCUT2D eigenvalue weighted by molar-refractivity contribution is 6.29. The van der Waals surface area contributed by atoms with Crippen molar-refractivity contribution in [3.63, 3.8) is 0 Å². The van der Waals surface area contributed by atoms with E-state index in [0.717, 1.165) is 17.5 Å². The van der Waals surface area contributed by atoms with E-state index in [4.69, 9.17) is 16.3 Å². The average molecular weight is 541 g/mol. The Kier molecular flexibility index (Phi) is 7.20. The summed E-state index contributed by atoms with van der Waals surface area (Å²) < 4.78 is 20.3. The minimum atomic E-state index is -0.983. The van der Waals surface area contributed by atoms with Crippen LogP contribution in [0.5, 0.6) is 0 Å². The quantitative estimate of drug-likeness (QED) is 0.288. The summed E-state index contributed by atoms with van der Waals surface area (Å²) in [5, 5.41) is 17.3. The molecule has 1 fully saturated rings. The molecule has 14 heteroatoms. The number of aromatic nitrogens is 7. The van der Waals surface area contributed by atoms with Crippen molar-refractivity contribution in [3.8, 4) is 5.82 Å². The first-order valence-corrected chi connectivity index (χ1v) is 12.3. The smallest absolute Gasteiger partial charge is 0.252 e. The number of anilines is 3. The molecule has 4 aromatic rings. The van der Waals surface area contributed by atoms with E-state index in [9.17, 15) is 9.18 Å². The first kappa shape index (κ1) is 25.5. The Morgan fingerprint density at radius 3 is 2.66 bits per heavy atom. The lowest BCUT2D eigenvalue weighted by Gasteiger charge is -2.39. The lowest BCUT2D eigenvalue weighted by Crippen LogP contribution is -2.55. The van der Waals surface area contributed by atoms with Crippen LogP contribution < -0.4 is 15.5 Å².